The van der Waals surface area contributed by atoms with E-state index in [9.17, 15) is 0 Å². The van der Waals surface area contributed by atoms with Crippen molar-refractivity contribution in [2.45, 2.75) is 46.0 Å². The third-order valence-electron chi connectivity index (χ3n) is 3.97. The fourth-order valence-electron chi connectivity index (χ4n) is 2.53. The Balaban J connectivity index is 3.07. The molecular weight excluding hydrogens is 284 g/mol. The van der Waals surface area contributed by atoms with Gasteiger partial charge in [-0.1, -0.05) is 25.4 Å². The molecule has 0 aromatic heterocycles. The predicted octanol–water partition coefficient (Wildman–Crippen LogP) is 3.85. The van der Waals surface area contributed by atoms with Gasteiger partial charge in [-0.25, -0.2) is 0 Å². The highest BCUT2D eigenvalue weighted by molar-refractivity contribution is 6.31. The van der Waals surface area contributed by atoms with Gasteiger partial charge in [0.1, 0.15) is 5.75 Å². The molecule has 4 N–H and O–H groups in total. The van der Waals surface area contributed by atoms with E-state index in [-0.39, 0.29) is 0 Å². The lowest BCUT2D eigenvalue weighted by Gasteiger charge is -2.24. The Bertz CT molecular complexity index is 433. The van der Waals surface area contributed by atoms with Gasteiger partial charge in [0.25, 0.3) is 0 Å². The number of ether oxygens (including phenoxy) is 1. The van der Waals surface area contributed by atoms with Gasteiger partial charge in [-0.3, -0.25) is 0 Å². The molecule has 1 rings (SSSR count). The van der Waals surface area contributed by atoms with E-state index < -0.39 is 0 Å². The Morgan fingerprint density at radius 3 is 2.38 bits per heavy atom. The molecule has 0 aliphatic rings. The summed E-state index contributed by atoms with van der Waals surface area (Å²) in [6.07, 6.45) is 3.00. The summed E-state index contributed by atoms with van der Waals surface area (Å²) in [5.74, 6) is 1.68. The van der Waals surface area contributed by atoms with Gasteiger partial charge in [0, 0.05) is 5.02 Å². The molecule has 21 heavy (non-hydrogen) atoms. The van der Waals surface area contributed by atoms with E-state index in [4.69, 9.17) is 27.8 Å². The maximum atomic E-state index is 6.32. The standard InChI is InChI=1S/C17H29ClN2O/c1-4-6-21-17-7-12(3)16(18)9-15(17)14(5-2)8-13(10-19)11-20/h7,9,13-14H,4-6,8,10-11,19-20H2,1-3H3. The summed E-state index contributed by atoms with van der Waals surface area (Å²) in [6, 6.07) is 4.11. The van der Waals surface area contributed by atoms with Gasteiger partial charge >= 0.3 is 0 Å². The molecule has 0 heterocycles. The van der Waals surface area contributed by atoms with Crippen molar-refractivity contribution < 1.29 is 4.74 Å². The molecule has 0 saturated carbocycles. The fraction of sp³-hybridized carbons (Fsp3) is 0.647. The van der Waals surface area contributed by atoms with Crippen molar-refractivity contribution in [3.63, 3.8) is 0 Å². The van der Waals surface area contributed by atoms with Crippen molar-refractivity contribution in [1.29, 1.82) is 0 Å². The van der Waals surface area contributed by atoms with Gasteiger partial charge in [-0.05, 0) is 74.4 Å². The van der Waals surface area contributed by atoms with Gasteiger partial charge in [0.2, 0.25) is 0 Å². The summed E-state index contributed by atoms with van der Waals surface area (Å²) >= 11 is 6.32. The zero-order valence-corrected chi connectivity index (χ0v) is 14.2. The van der Waals surface area contributed by atoms with Crippen LogP contribution in [-0.4, -0.2) is 19.7 Å². The molecule has 0 radical (unpaired) electrons. The predicted molar refractivity (Wildman–Crippen MR) is 91.2 cm³/mol. The zero-order chi connectivity index (χ0) is 15.8. The number of nitrogens with two attached hydrogens (primary N) is 2. The van der Waals surface area contributed by atoms with Crippen LogP contribution in [0, 0.1) is 12.8 Å². The minimum atomic E-state index is 0.342. The topological polar surface area (TPSA) is 61.3 Å². The van der Waals surface area contributed by atoms with Crippen molar-refractivity contribution in [3.05, 3.63) is 28.3 Å². The van der Waals surface area contributed by atoms with E-state index in [1.54, 1.807) is 0 Å². The van der Waals surface area contributed by atoms with Crippen LogP contribution in [0.15, 0.2) is 12.1 Å². The van der Waals surface area contributed by atoms with E-state index in [0.29, 0.717) is 24.9 Å². The molecule has 0 bridgehead atoms. The van der Waals surface area contributed by atoms with Crippen LogP contribution < -0.4 is 16.2 Å². The lowest BCUT2D eigenvalue weighted by molar-refractivity contribution is 0.308. The first kappa shape index (κ1) is 18.3. The van der Waals surface area contributed by atoms with E-state index in [1.807, 2.05) is 6.92 Å². The summed E-state index contributed by atoms with van der Waals surface area (Å²) in [6.45, 7) is 8.27. The molecule has 1 aromatic rings. The van der Waals surface area contributed by atoms with Gasteiger partial charge < -0.3 is 16.2 Å². The molecule has 0 aliphatic heterocycles. The van der Waals surface area contributed by atoms with Gasteiger partial charge in [0.05, 0.1) is 6.61 Å². The van der Waals surface area contributed by atoms with E-state index >= 15 is 0 Å². The molecule has 0 aliphatic carbocycles. The third kappa shape index (κ3) is 5.17. The SMILES string of the molecule is CCCOc1cc(C)c(Cl)cc1C(CC)CC(CN)CN. The molecule has 1 atom stereocenters. The molecule has 1 aromatic carbocycles. The second-order valence-electron chi connectivity index (χ2n) is 5.67. The van der Waals surface area contributed by atoms with Gasteiger partial charge in [0.15, 0.2) is 0 Å². The first-order chi connectivity index (χ1) is 10.1. The first-order valence-electron chi connectivity index (χ1n) is 7.90. The van der Waals surface area contributed by atoms with Crippen LogP contribution in [0.5, 0.6) is 5.75 Å². The smallest absolute Gasteiger partial charge is 0.123 e. The monoisotopic (exact) mass is 312 g/mol. The molecule has 120 valence electrons. The Labute approximate surface area is 134 Å². The number of halogens is 1. The quantitative estimate of drug-likeness (QED) is 0.728. The van der Waals surface area contributed by atoms with Crippen LogP contribution in [0.2, 0.25) is 5.02 Å². The lowest BCUT2D eigenvalue weighted by Crippen LogP contribution is -2.25. The van der Waals surface area contributed by atoms with E-state index in [0.717, 1.165) is 42.2 Å². The minimum Gasteiger partial charge on any atom is -0.493 e. The van der Waals surface area contributed by atoms with Crippen LogP contribution in [0.1, 0.15) is 50.2 Å². The summed E-state index contributed by atoms with van der Waals surface area (Å²) < 4.78 is 5.93. The molecule has 0 amide bonds. The normalized spacial score (nSPS) is 12.7. The number of aryl methyl sites for hydroxylation is 1. The fourth-order valence-corrected chi connectivity index (χ4v) is 2.70. The van der Waals surface area contributed by atoms with Crippen LogP contribution in [0.3, 0.4) is 0 Å². The number of hydrogen-bond acceptors (Lipinski definition) is 3. The first-order valence-corrected chi connectivity index (χ1v) is 8.28. The second kappa shape index (κ2) is 9.29. The summed E-state index contributed by atoms with van der Waals surface area (Å²) in [7, 11) is 0. The molecule has 1 unspecified atom stereocenters. The molecule has 4 heteroatoms. The largest absolute Gasteiger partial charge is 0.493 e. The Hall–Kier alpha value is -0.770. The van der Waals surface area contributed by atoms with E-state index in [2.05, 4.69) is 26.0 Å². The maximum absolute atomic E-state index is 6.32. The average Bonchev–Trinajstić information content (AvgIpc) is 2.49. The van der Waals surface area contributed by atoms with Crippen LogP contribution in [-0.2, 0) is 0 Å². The number of rotatable bonds is 9. The molecule has 0 fully saturated rings. The Kier molecular flexibility index (Phi) is 8.09. The van der Waals surface area contributed by atoms with Crippen LogP contribution >= 0.6 is 11.6 Å². The van der Waals surface area contributed by atoms with Crippen molar-refractivity contribution in [1.82, 2.24) is 0 Å². The van der Waals surface area contributed by atoms with Crippen molar-refractivity contribution in [3.8, 4) is 5.75 Å². The molecule has 0 saturated heterocycles. The van der Waals surface area contributed by atoms with E-state index in [1.165, 1.54) is 5.56 Å². The molecule has 3 nitrogen and oxygen atoms in total. The van der Waals surface area contributed by atoms with Crippen LogP contribution in [0.4, 0.5) is 0 Å². The molecule has 0 spiro atoms. The highest BCUT2D eigenvalue weighted by atomic mass is 35.5. The van der Waals surface area contributed by atoms with Crippen LogP contribution in [0.25, 0.3) is 0 Å². The Morgan fingerprint density at radius 1 is 1.19 bits per heavy atom. The number of benzene rings is 1. The Morgan fingerprint density at radius 2 is 1.86 bits per heavy atom. The third-order valence-corrected chi connectivity index (χ3v) is 4.38. The minimum absolute atomic E-state index is 0.342. The maximum Gasteiger partial charge on any atom is 0.123 e. The number of hydrogen-bond donors (Lipinski definition) is 2. The second-order valence-corrected chi connectivity index (χ2v) is 6.07. The summed E-state index contributed by atoms with van der Waals surface area (Å²) in [4.78, 5) is 0. The average molecular weight is 313 g/mol. The zero-order valence-electron chi connectivity index (χ0n) is 13.5. The highest BCUT2D eigenvalue weighted by Crippen LogP contribution is 2.37. The van der Waals surface area contributed by atoms with Gasteiger partial charge in [-0.2, -0.15) is 0 Å². The lowest BCUT2D eigenvalue weighted by atomic mass is 9.86. The van der Waals surface area contributed by atoms with Crippen molar-refractivity contribution >= 4 is 11.6 Å². The summed E-state index contributed by atoms with van der Waals surface area (Å²) in [5.41, 5.74) is 13.8. The van der Waals surface area contributed by atoms with Crippen molar-refractivity contribution in [2.75, 3.05) is 19.7 Å². The molecular formula is C17H29ClN2O. The summed E-state index contributed by atoms with van der Waals surface area (Å²) in [5, 5.41) is 0.796. The van der Waals surface area contributed by atoms with Gasteiger partial charge in [-0.15, -0.1) is 0 Å². The van der Waals surface area contributed by atoms with Crippen molar-refractivity contribution in [2.24, 2.45) is 17.4 Å². The highest BCUT2D eigenvalue weighted by Gasteiger charge is 2.20.